The van der Waals surface area contributed by atoms with Gasteiger partial charge in [-0.05, 0) is 92.9 Å². The maximum Gasteiger partial charge on any atom is 0.252 e. The van der Waals surface area contributed by atoms with Crippen molar-refractivity contribution in [1.82, 2.24) is 9.13 Å². The van der Waals surface area contributed by atoms with E-state index in [1.807, 2.05) is 0 Å². The quantitative estimate of drug-likeness (QED) is 0.164. The van der Waals surface area contributed by atoms with E-state index in [0.717, 1.165) is 0 Å². The molecule has 0 saturated carbocycles. The molecule has 4 heterocycles. The van der Waals surface area contributed by atoms with Crippen molar-refractivity contribution in [3.63, 3.8) is 0 Å². The molecule has 11 rings (SSSR count). The second-order valence-corrected chi connectivity index (χ2v) is 17.4. The van der Waals surface area contributed by atoms with E-state index in [1.165, 1.54) is 99.6 Å². The van der Waals surface area contributed by atoms with Crippen LogP contribution in [0.4, 0.5) is 17.1 Å². The van der Waals surface area contributed by atoms with Crippen LogP contribution in [0, 0.1) is 0 Å². The summed E-state index contributed by atoms with van der Waals surface area (Å²) in [6, 6.07) is 55.0. The van der Waals surface area contributed by atoms with Gasteiger partial charge in [0, 0.05) is 50.0 Å². The predicted molar refractivity (Wildman–Crippen MR) is 232 cm³/mol. The molecule has 0 saturated heterocycles. The van der Waals surface area contributed by atoms with Gasteiger partial charge in [0.25, 0.3) is 6.71 Å². The molecule has 0 spiro atoms. The second-order valence-electron chi connectivity index (χ2n) is 17.4. The van der Waals surface area contributed by atoms with Gasteiger partial charge in [0.2, 0.25) is 0 Å². The predicted octanol–water partition coefficient (Wildman–Crippen LogP) is 11.1. The van der Waals surface area contributed by atoms with E-state index in [9.17, 15) is 0 Å². The van der Waals surface area contributed by atoms with Crippen molar-refractivity contribution in [1.29, 1.82) is 0 Å². The summed E-state index contributed by atoms with van der Waals surface area (Å²) in [6.45, 7) is 13.9. The van der Waals surface area contributed by atoms with Crippen molar-refractivity contribution in [2.45, 2.75) is 52.4 Å². The first-order chi connectivity index (χ1) is 26.1. The van der Waals surface area contributed by atoms with Gasteiger partial charge in [0.15, 0.2) is 0 Å². The van der Waals surface area contributed by atoms with Crippen molar-refractivity contribution < 1.29 is 0 Å². The van der Waals surface area contributed by atoms with Crippen LogP contribution in [0.5, 0.6) is 0 Å². The van der Waals surface area contributed by atoms with Gasteiger partial charge in [-0.1, -0.05) is 133 Å². The van der Waals surface area contributed by atoms with Crippen molar-refractivity contribution in [2.75, 3.05) is 4.90 Å². The molecule has 7 aromatic carbocycles. The number of aromatic nitrogens is 2. The first-order valence-corrected chi connectivity index (χ1v) is 19.3. The zero-order chi connectivity index (χ0) is 36.7. The van der Waals surface area contributed by atoms with Gasteiger partial charge >= 0.3 is 0 Å². The number of fused-ring (bicyclic) bond motifs is 11. The smallest absolute Gasteiger partial charge is 0.252 e. The average Bonchev–Trinajstić information content (AvgIpc) is 3.69. The van der Waals surface area contributed by atoms with Crippen LogP contribution < -0.4 is 21.3 Å². The molecule has 0 radical (unpaired) electrons. The zero-order valence-corrected chi connectivity index (χ0v) is 31.8. The number of para-hydroxylation sites is 3. The average molecular weight is 696 g/mol. The SMILES string of the molecule is CC(C)(C)c1ccc(N2c3ccc(C(C)(C)C)cc3B3c4c2cccc4-n2c4ccccc4c4c2c3cc2c3ccccc3n(-c3ccccc3)c24)cc1. The van der Waals surface area contributed by atoms with Gasteiger partial charge in [-0.2, -0.15) is 0 Å². The van der Waals surface area contributed by atoms with Gasteiger partial charge in [-0.3, -0.25) is 0 Å². The van der Waals surface area contributed by atoms with E-state index in [4.69, 9.17) is 0 Å². The third-order valence-corrected chi connectivity index (χ3v) is 12.2. The Morgan fingerprint density at radius 1 is 0.426 bits per heavy atom. The fourth-order valence-corrected chi connectivity index (χ4v) is 9.63. The van der Waals surface area contributed by atoms with E-state index in [2.05, 4.69) is 201 Å². The van der Waals surface area contributed by atoms with Gasteiger partial charge < -0.3 is 14.0 Å². The molecule has 0 unspecified atom stereocenters. The Labute approximate surface area is 317 Å². The standard InChI is InChI=1S/C50H42BN3/c1-49(2,3)31-23-26-34(27-24-31)52-42-28-25-32(50(4,5)6)29-38(42)51-39-30-37-35-17-10-12-19-40(35)53(33-15-8-7-9-16-33)47(37)45-36-18-11-13-20-41(36)54(48(39)45)44-22-14-21-43(52)46(44)51/h7-30H,1-6H3. The highest BCUT2D eigenvalue weighted by Gasteiger charge is 2.43. The fourth-order valence-electron chi connectivity index (χ4n) is 9.63. The number of nitrogens with zero attached hydrogens (tertiary/aromatic N) is 3. The minimum absolute atomic E-state index is 0.0000422. The highest BCUT2D eigenvalue weighted by atomic mass is 15.2. The minimum Gasteiger partial charge on any atom is -0.311 e. The van der Waals surface area contributed by atoms with Crippen LogP contribution in [-0.4, -0.2) is 15.8 Å². The summed E-state index contributed by atoms with van der Waals surface area (Å²) in [5.74, 6) is 0. The first-order valence-electron chi connectivity index (χ1n) is 19.3. The summed E-state index contributed by atoms with van der Waals surface area (Å²) >= 11 is 0. The number of hydrogen-bond acceptors (Lipinski definition) is 1. The van der Waals surface area contributed by atoms with Gasteiger partial charge in [-0.25, -0.2) is 0 Å². The summed E-state index contributed by atoms with van der Waals surface area (Å²) in [6.07, 6.45) is 0. The van der Waals surface area contributed by atoms with Gasteiger partial charge in [-0.15, -0.1) is 0 Å². The lowest BCUT2D eigenvalue weighted by atomic mass is 9.33. The molecular formula is C50H42BN3. The van der Waals surface area contributed by atoms with Crippen molar-refractivity contribution in [3.05, 3.63) is 157 Å². The molecule has 9 aromatic rings. The molecule has 54 heavy (non-hydrogen) atoms. The first kappa shape index (κ1) is 31.5. The third-order valence-electron chi connectivity index (χ3n) is 12.2. The van der Waals surface area contributed by atoms with E-state index >= 15 is 0 Å². The van der Waals surface area contributed by atoms with Crippen LogP contribution in [0.2, 0.25) is 0 Å². The Morgan fingerprint density at radius 2 is 1.06 bits per heavy atom. The number of anilines is 3. The maximum absolute atomic E-state index is 2.58. The van der Waals surface area contributed by atoms with Crippen LogP contribution in [0.1, 0.15) is 52.7 Å². The van der Waals surface area contributed by atoms with Crippen molar-refractivity contribution >= 4 is 83.8 Å². The number of hydrogen-bond donors (Lipinski definition) is 0. The Bertz CT molecular complexity index is 3000. The molecule has 260 valence electrons. The molecule has 3 nitrogen and oxygen atoms in total. The van der Waals surface area contributed by atoms with E-state index < -0.39 is 0 Å². The summed E-state index contributed by atoms with van der Waals surface area (Å²) in [7, 11) is 0. The number of rotatable bonds is 2. The third kappa shape index (κ3) is 4.20. The Morgan fingerprint density at radius 3 is 1.78 bits per heavy atom. The normalized spacial score (nSPS) is 13.7. The topological polar surface area (TPSA) is 13.1 Å². The highest BCUT2D eigenvalue weighted by Crippen LogP contribution is 2.46. The summed E-state index contributed by atoms with van der Waals surface area (Å²) in [4.78, 5) is 2.53. The fraction of sp³-hybridized carbons (Fsp3) is 0.160. The molecule has 0 fully saturated rings. The number of benzene rings is 7. The van der Waals surface area contributed by atoms with Crippen LogP contribution >= 0.6 is 0 Å². The van der Waals surface area contributed by atoms with Gasteiger partial charge in [0.05, 0.1) is 22.1 Å². The lowest BCUT2D eigenvalue weighted by Crippen LogP contribution is -2.60. The van der Waals surface area contributed by atoms with Gasteiger partial charge in [0.1, 0.15) is 0 Å². The highest BCUT2D eigenvalue weighted by molar-refractivity contribution is 7.00. The van der Waals surface area contributed by atoms with Crippen molar-refractivity contribution in [2.24, 2.45) is 0 Å². The summed E-state index contributed by atoms with van der Waals surface area (Å²) in [5, 5.41) is 5.19. The van der Waals surface area contributed by atoms with Crippen LogP contribution in [0.15, 0.2) is 146 Å². The Hall–Kier alpha value is -6.00. The Kier molecular flexibility index (Phi) is 6.30. The molecule has 2 aliphatic heterocycles. The molecule has 4 heteroatoms. The van der Waals surface area contributed by atoms with Crippen LogP contribution in [0.3, 0.4) is 0 Å². The lowest BCUT2D eigenvalue weighted by Gasteiger charge is -2.41. The maximum atomic E-state index is 2.58. The van der Waals surface area contributed by atoms with Crippen LogP contribution in [0.25, 0.3) is 55.0 Å². The monoisotopic (exact) mass is 695 g/mol. The molecule has 0 amide bonds. The summed E-state index contributed by atoms with van der Waals surface area (Å²) < 4.78 is 5.09. The molecule has 2 aromatic heterocycles. The molecule has 0 bridgehead atoms. The van der Waals surface area contributed by atoms with Crippen LogP contribution in [-0.2, 0) is 10.8 Å². The van der Waals surface area contributed by atoms with Crippen molar-refractivity contribution in [3.8, 4) is 11.4 Å². The molecule has 0 atom stereocenters. The largest absolute Gasteiger partial charge is 0.311 e. The molecular weight excluding hydrogens is 653 g/mol. The Balaban J connectivity index is 1.32. The summed E-state index contributed by atoms with van der Waals surface area (Å²) in [5.41, 5.74) is 18.1. The molecule has 0 aliphatic carbocycles. The van der Waals surface area contributed by atoms with E-state index in [-0.39, 0.29) is 17.5 Å². The second kappa shape index (κ2) is 10.8. The minimum atomic E-state index is -0.0000422. The van der Waals surface area contributed by atoms with E-state index in [0.29, 0.717) is 0 Å². The zero-order valence-electron chi connectivity index (χ0n) is 31.8. The molecule has 2 aliphatic rings. The van der Waals surface area contributed by atoms with E-state index in [1.54, 1.807) is 0 Å². The lowest BCUT2D eigenvalue weighted by molar-refractivity contribution is 0.590. The molecule has 0 N–H and O–H groups in total.